The normalized spacial score (nSPS) is 18.3. The van der Waals surface area contributed by atoms with Crippen LogP contribution in [0, 0.1) is 0 Å². The van der Waals surface area contributed by atoms with Gasteiger partial charge >= 0.3 is 0 Å². The van der Waals surface area contributed by atoms with Gasteiger partial charge in [-0.25, -0.2) is 4.98 Å². The third-order valence-electron chi connectivity index (χ3n) is 3.57. The summed E-state index contributed by atoms with van der Waals surface area (Å²) in [5, 5.41) is 8.60. The number of aromatic amines is 1. The molecule has 4 rings (SSSR count). The van der Waals surface area contributed by atoms with Crippen molar-refractivity contribution < 1.29 is 4.79 Å². The molecule has 1 amide bonds. The van der Waals surface area contributed by atoms with Crippen molar-refractivity contribution in [3.05, 3.63) is 53.2 Å². The minimum absolute atomic E-state index is 0.0437. The van der Waals surface area contributed by atoms with E-state index in [0.717, 1.165) is 10.9 Å². The Bertz CT molecular complexity index is 848. The maximum Gasteiger partial charge on any atom is 0.239 e. The van der Waals surface area contributed by atoms with Crippen LogP contribution in [0.1, 0.15) is 10.9 Å². The van der Waals surface area contributed by atoms with Crippen molar-refractivity contribution in [2.24, 2.45) is 0 Å². The molecule has 0 saturated carbocycles. The van der Waals surface area contributed by atoms with Gasteiger partial charge in [0.1, 0.15) is 5.37 Å². The van der Waals surface area contributed by atoms with E-state index in [1.165, 1.54) is 0 Å². The summed E-state index contributed by atoms with van der Waals surface area (Å²) in [6, 6.07) is 11.3. The molecule has 3 heterocycles. The van der Waals surface area contributed by atoms with Crippen molar-refractivity contribution in [1.82, 2.24) is 15.2 Å². The standard InChI is InChI=1S/C15H11ClN4OS/c16-10-5-3-9(4-6-10)15-20(12(21)8-22-15)14-11-2-1-7-17-13(11)18-19-14/h1-7,15H,8H2,(H,17,18,19)/t15-/m0/s1. The predicted octanol–water partition coefficient (Wildman–Crippen LogP) is 3.39. The van der Waals surface area contributed by atoms with Gasteiger partial charge in [0, 0.05) is 11.2 Å². The van der Waals surface area contributed by atoms with Gasteiger partial charge in [0.05, 0.1) is 11.1 Å². The first-order valence-corrected chi connectivity index (χ1v) is 8.15. The van der Waals surface area contributed by atoms with Gasteiger partial charge in [-0.15, -0.1) is 11.8 Å². The Balaban J connectivity index is 1.80. The largest absolute Gasteiger partial charge is 0.277 e. The summed E-state index contributed by atoms with van der Waals surface area (Å²) >= 11 is 7.53. The van der Waals surface area contributed by atoms with Crippen molar-refractivity contribution in [2.75, 3.05) is 10.7 Å². The van der Waals surface area contributed by atoms with Gasteiger partial charge in [-0.05, 0) is 29.8 Å². The van der Waals surface area contributed by atoms with E-state index in [1.807, 2.05) is 36.4 Å². The van der Waals surface area contributed by atoms with E-state index in [2.05, 4.69) is 15.2 Å². The summed E-state index contributed by atoms with van der Waals surface area (Å²) in [7, 11) is 0. The molecular formula is C15H11ClN4OS. The Morgan fingerprint density at radius 3 is 2.91 bits per heavy atom. The van der Waals surface area contributed by atoms with Crippen molar-refractivity contribution in [2.45, 2.75) is 5.37 Å². The lowest BCUT2D eigenvalue weighted by molar-refractivity contribution is -0.115. The molecule has 0 radical (unpaired) electrons. The molecule has 5 nitrogen and oxygen atoms in total. The van der Waals surface area contributed by atoms with E-state index in [0.29, 0.717) is 22.2 Å². The van der Waals surface area contributed by atoms with E-state index < -0.39 is 0 Å². The highest BCUT2D eigenvalue weighted by molar-refractivity contribution is 8.00. The fraction of sp³-hybridized carbons (Fsp3) is 0.133. The highest BCUT2D eigenvalue weighted by Crippen LogP contribution is 2.42. The topological polar surface area (TPSA) is 61.9 Å². The first-order chi connectivity index (χ1) is 10.7. The highest BCUT2D eigenvalue weighted by atomic mass is 35.5. The molecule has 1 saturated heterocycles. The Hall–Kier alpha value is -2.05. The molecule has 0 spiro atoms. The molecule has 3 aromatic rings. The van der Waals surface area contributed by atoms with Gasteiger partial charge in [-0.3, -0.25) is 14.8 Å². The third-order valence-corrected chi connectivity index (χ3v) is 5.03. The van der Waals surface area contributed by atoms with Crippen LogP contribution >= 0.6 is 23.4 Å². The van der Waals surface area contributed by atoms with Crippen molar-refractivity contribution in [3.8, 4) is 0 Å². The van der Waals surface area contributed by atoms with Crippen LogP contribution in [0.4, 0.5) is 5.82 Å². The fourth-order valence-corrected chi connectivity index (χ4v) is 3.83. The number of benzene rings is 1. The van der Waals surface area contributed by atoms with E-state index in [4.69, 9.17) is 11.6 Å². The van der Waals surface area contributed by atoms with Crippen LogP contribution in [0.15, 0.2) is 42.6 Å². The van der Waals surface area contributed by atoms with Crippen molar-refractivity contribution >= 4 is 46.1 Å². The van der Waals surface area contributed by atoms with Gasteiger partial charge in [-0.1, -0.05) is 23.7 Å². The molecule has 1 atom stereocenters. The molecule has 1 aromatic carbocycles. The van der Waals surface area contributed by atoms with E-state index in [-0.39, 0.29) is 11.3 Å². The van der Waals surface area contributed by atoms with Gasteiger partial charge in [-0.2, -0.15) is 5.10 Å². The average molecular weight is 331 g/mol. The van der Waals surface area contributed by atoms with Crippen LogP contribution in [-0.4, -0.2) is 26.8 Å². The number of anilines is 1. The average Bonchev–Trinajstić information content (AvgIpc) is 3.11. The number of rotatable bonds is 2. The Labute approximate surface area is 135 Å². The molecular weight excluding hydrogens is 320 g/mol. The zero-order valence-corrected chi connectivity index (χ0v) is 12.9. The minimum atomic E-state index is -0.100. The minimum Gasteiger partial charge on any atom is -0.277 e. The van der Waals surface area contributed by atoms with E-state index >= 15 is 0 Å². The molecule has 7 heteroatoms. The Morgan fingerprint density at radius 1 is 1.27 bits per heavy atom. The number of amides is 1. The molecule has 1 aliphatic heterocycles. The number of fused-ring (bicyclic) bond motifs is 1. The number of carbonyl (C=O) groups is 1. The van der Waals surface area contributed by atoms with Gasteiger partial charge in [0.25, 0.3) is 0 Å². The van der Waals surface area contributed by atoms with Crippen LogP contribution in [-0.2, 0) is 4.79 Å². The van der Waals surface area contributed by atoms with E-state index in [1.54, 1.807) is 22.9 Å². The van der Waals surface area contributed by atoms with Crippen LogP contribution in [0.3, 0.4) is 0 Å². The summed E-state index contributed by atoms with van der Waals surface area (Å²) < 4.78 is 0. The number of pyridine rings is 1. The summed E-state index contributed by atoms with van der Waals surface area (Å²) in [5.41, 5.74) is 1.71. The number of halogens is 1. The maximum absolute atomic E-state index is 12.4. The number of thioether (sulfide) groups is 1. The van der Waals surface area contributed by atoms with Gasteiger partial charge in [0.2, 0.25) is 5.91 Å². The van der Waals surface area contributed by atoms with Crippen molar-refractivity contribution in [1.29, 1.82) is 0 Å². The first-order valence-electron chi connectivity index (χ1n) is 6.72. The van der Waals surface area contributed by atoms with Crippen LogP contribution in [0.2, 0.25) is 5.02 Å². The summed E-state index contributed by atoms with van der Waals surface area (Å²) in [5.74, 6) is 1.10. The number of aromatic nitrogens is 3. The Morgan fingerprint density at radius 2 is 2.09 bits per heavy atom. The molecule has 1 fully saturated rings. The monoisotopic (exact) mass is 330 g/mol. The molecule has 1 N–H and O–H groups in total. The number of H-pyrrole nitrogens is 1. The maximum atomic E-state index is 12.4. The smallest absolute Gasteiger partial charge is 0.239 e. The first kappa shape index (κ1) is 13.6. The molecule has 2 aromatic heterocycles. The lowest BCUT2D eigenvalue weighted by Gasteiger charge is -2.22. The molecule has 22 heavy (non-hydrogen) atoms. The lowest BCUT2D eigenvalue weighted by Crippen LogP contribution is -2.28. The number of hydrogen-bond acceptors (Lipinski definition) is 4. The van der Waals surface area contributed by atoms with Crippen LogP contribution in [0.5, 0.6) is 0 Å². The number of nitrogens with zero attached hydrogens (tertiary/aromatic N) is 3. The van der Waals surface area contributed by atoms with E-state index in [9.17, 15) is 4.79 Å². The second-order valence-corrected chi connectivity index (χ2v) is 6.43. The quantitative estimate of drug-likeness (QED) is 0.782. The summed E-state index contributed by atoms with van der Waals surface area (Å²) in [4.78, 5) is 18.3. The lowest BCUT2D eigenvalue weighted by atomic mass is 10.2. The number of carbonyl (C=O) groups excluding carboxylic acids is 1. The zero-order chi connectivity index (χ0) is 15.1. The van der Waals surface area contributed by atoms with Crippen molar-refractivity contribution in [3.63, 3.8) is 0 Å². The molecule has 0 unspecified atom stereocenters. The molecule has 0 bridgehead atoms. The summed E-state index contributed by atoms with van der Waals surface area (Å²) in [6.07, 6.45) is 1.70. The molecule has 110 valence electrons. The second kappa shape index (κ2) is 5.30. The highest BCUT2D eigenvalue weighted by Gasteiger charge is 2.36. The molecule has 0 aliphatic carbocycles. The third kappa shape index (κ3) is 2.15. The molecule has 1 aliphatic rings. The van der Waals surface area contributed by atoms with Gasteiger partial charge < -0.3 is 0 Å². The zero-order valence-electron chi connectivity index (χ0n) is 11.4. The second-order valence-electron chi connectivity index (χ2n) is 4.93. The predicted molar refractivity (Wildman–Crippen MR) is 88.0 cm³/mol. The van der Waals surface area contributed by atoms with Gasteiger partial charge in [0.15, 0.2) is 11.5 Å². The summed E-state index contributed by atoms with van der Waals surface area (Å²) in [6.45, 7) is 0. The number of nitrogens with one attached hydrogen (secondary N) is 1. The number of hydrogen-bond donors (Lipinski definition) is 1. The van der Waals surface area contributed by atoms with Crippen LogP contribution < -0.4 is 4.90 Å². The SMILES string of the molecule is O=C1CS[C@@H](c2ccc(Cl)cc2)N1c1n[nH]c2ncccc12. The fourth-order valence-electron chi connectivity index (χ4n) is 2.55. The van der Waals surface area contributed by atoms with Crippen LogP contribution in [0.25, 0.3) is 11.0 Å². The Kier molecular flexibility index (Phi) is 3.28.